The normalized spacial score (nSPS) is 15.4. The number of aromatic nitrogens is 1. The van der Waals surface area contributed by atoms with E-state index in [0.29, 0.717) is 29.2 Å². The molecule has 2 heterocycles. The second kappa shape index (κ2) is 7.22. The Bertz CT molecular complexity index is 1480. The topological polar surface area (TPSA) is 101 Å². The predicted molar refractivity (Wildman–Crippen MR) is 119 cm³/mol. The van der Waals surface area contributed by atoms with Crippen LogP contribution in [0.15, 0.2) is 76.9 Å². The minimum Gasteiger partial charge on any atom is -0.494 e. The van der Waals surface area contributed by atoms with Gasteiger partial charge in [-0.05, 0) is 36.6 Å². The zero-order valence-corrected chi connectivity index (χ0v) is 16.8. The molecule has 1 aliphatic heterocycles. The van der Waals surface area contributed by atoms with Crippen molar-refractivity contribution in [3.63, 3.8) is 0 Å². The van der Waals surface area contributed by atoms with Crippen molar-refractivity contribution in [2.45, 2.75) is 12.8 Å². The second-order valence-corrected chi connectivity index (χ2v) is 7.37. The Morgan fingerprint density at radius 2 is 1.94 bits per heavy atom. The smallest absolute Gasteiger partial charge is 0.252 e. The van der Waals surface area contributed by atoms with Crippen LogP contribution in [0.5, 0.6) is 11.5 Å². The van der Waals surface area contributed by atoms with E-state index in [1.54, 1.807) is 6.07 Å². The van der Waals surface area contributed by atoms with Crippen LogP contribution in [0.2, 0.25) is 0 Å². The Morgan fingerprint density at radius 3 is 2.74 bits per heavy atom. The third-order valence-electron chi connectivity index (χ3n) is 5.57. The van der Waals surface area contributed by atoms with E-state index in [0.717, 1.165) is 21.7 Å². The van der Waals surface area contributed by atoms with Gasteiger partial charge in [0.15, 0.2) is 0 Å². The van der Waals surface area contributed by atoms with E-state index in [1.807, 2.05) is 61.5 Å². The van der Waals surface area contributed by atoms with E-state index < -0.39 is 5.92 Å². The van der Waals surface area contributed by atoms with Gasteiger partial charge in [0.1, 0.15) is 23.1 Å². The van der Waals surface area contributed by atoms with Crippen LogP contribution in [0.4, 0.5) is 0 Å². The predicted octanol–water partition coefficient (Wildman–Crippen LogP) is 4.30. The van der Waals surface area contributed by atoms with Crippen LogP contribution in [-0.4, -0.2) is 11.6 Å². The van der Waals surface area contributed by atoms with Gasteiger partial charge in [0.05, 0.1) is 12.5 Å². The van der Waals surface area contributed by atoms with E-state index in [1.165, 1.54) is 0 Å². The van der Waals surface area contributed by atoms with Crippen molar-refractivity contribution in [2.75, 3.05) is 6.61 Å². The average molecular weight is 409 g/mol. The van der Waals surface area contributed by atoms with E-state index in [2.05, 4.69) is 11.1 Å². The van der Waals surface area contributed by atoms with Crippen molar-refractivity contribution in [2.24, 2.45) is 5.73 Å². The van der Waals surface area contributed by atoms with Gasteiger partial charge in [0.25, 0.3) is 5.56 Å². The van der Waals surface area contributed by atoms with Gasteiger partial charge in [-0.15, -0.1) is 0 Å². The molecule has 1 atom stereocenters. The first kappa shape index (κ1) is 18.8. The number of nitriles is 1. The van der Waals surface area contributed by atoms with Crippen LogP contribution >= 0.6 is 0 Å². The van der Waals surface area contributed by atoms with Crippen LogP contribution in [0.3, 0.4) is 0 Å². The molecular formula is C25H19N3O3. The van der Waals surface area contributed by atoms with Crippen LogP contribution in [0.1, 0.15) is 24.0 Å². The fraction of sp³-hybridized carbons (Fsp3) is 0.120. The number of ether oxygens (including phenoxy) is 2. The molecule has 4 aromatic rings. The molecular weight excluding hydrogens is 390 g/mol. The Hall–Kier alpha value is -4.24. The van der Waals surface area contributed by atoms with Gasteiger partial charge in [-0.1, -0.05) is 36.4 Å². The molecule has 0 saturated heterocycles. The van der Waals surface area contributed by atoms with Gasteiger partial charge in [-0.2, -0.15) is 5.26 Å². The number of rotatable bonds is 3. The van der Waals surface area contributed by atoms with E-state index >= 15 is 0 Å². The summed E-state index contributed by atoms with van der Waals surface area (Å²) in [5, 5.41) is 12.5. The highest BCUT2D eigenvalue weighted by molar-refractivity contribution is 5.91. The maximum Gasteiger partial charge on any atom is 0.252 e. The summed E-state index contributed by atoms with van der Waals surface area (Å²) >= 11 is 0. The van der Waals surface area contributed by atoms with Gasteiger partial charge in [-0.3, -0.25) is 4.79 Å². The molecule has 6 nitrogen and oxygen atoms in total. The molecule has 0 radical (unpaired) electrons. The van der Waals surface area contributed by atoms with Crippen molar-refractivity contribution in [1.29, 1.82) is 5.26 Å². The molecule has 0 aliphatic carbocycles. The van der Waals surface area contributed by atoms with Gasteiger partial charge < -0.3 is 20.2 Å². The molecule has 0 fully saturated rings. The number of nitrogens with one attached hydrogen (secondary N) is 1. The van der Waals surface area contributed by atoms with Crippen molar-refractivity contribution < 1.29 is 9.47 Å². The minimum absolute atomic E-state index is 0.0129. The molecule has 3 N–H and O–H groups in total. The Morgan fingerprint density at radius 1 is 1.10 bits per heavy atom. The molecule has 0 spiro atoms. The molecule has 1 aromatic heterocycles. The number of hydrogen-bond donors (Lipinski definition) is 2. The lowest BCUT2D eigenvalue weighted by Crippen LogP contribution is -2.25. The third-order valence-corrected chi connectivity index (χ3v) is 5.57. The van der Waals surface area contributed by atoms with Gasteiger partial charge in [0.2, 0.25) is 5.88 Å². The lowest BCUT2D eigenvalue weighted by atomic mass is 9.82. The molecule has 1 unspecified atom stereocenters. The summed E-state index contributed by atoms with van der Waals surface area (Å²) in [5.74, 6) is 0.658. The Balaban J connectivity index is 1.78. The van der Waals surface area contributed by atoms with Gasteiger partial charge in [-0.25, -0.2) is 0 Å². The third kappa shape index (κ3) is 2.99. The molecule has 6 heteroatoms. The summed E-state index contributed by atoms with van der Waals surface area (Å²) in [6.07, 6.45) is 0. The van der Waals surface area contributed by atoms with Gasteiger partial charge in [0, 0.05) is 27.4 Å². The van der Waals surface area contributed by atoms with Gasteiger partial charge >= 0.3 is 0 Å². The van der Waals surface area contributed by atoms with Crippen molar-refractivity contribution in [3.05, 3.63) is 93.6 Å². The molecule has 5 rings (SSSR count). The van der Waals surface area contributed by atoms with Crippen LogP contribution in [-0.2, 0) is 0 Å². The highest BCUT2D eigenvalue weighted by Crippen LogP contribution is 2.44. The van der Waals surface area contributed by atoms with Crippen LogP contribution < -0.4 is 20.8 Å². The van der Waals surface area contributed by atoms with E-state index in [4.69, 9.17) is 15.2 Å². The average Bonchev–Trinajstić information content (AvgIpc) is 2.78. The number of nitrogens with two attached hydrogens (primary N) is 1. The maximum absolute atomic E-state index is 13.1. The van der Waals surface area contributed by atoms with E-state index in [9.17, 15) is 10.1 Å². The first-order chi connectivity index (χ1) is 15.1. The summed E-state index contributed by atoms with van der Waals surface area (Å²) in [6, 6.07) is 21.1. The number of nitrogens with zero attached hydrogens (tertiary/aromatic N) is 1. The maximum atomic E-state index is 13.1. The molecule has 152 valence electrons. The zero-order valence-electron chi connectivity index (χ0n) is 16.8. The molecule has 0 saturated carbocycles. The Labute approximate surface area is 178 Å². The largest absolute Gasteiger partial charge is 0.494 e. The fourth-order valence-electron chi connectivity index (χ4n) is 4.18. The first-order valence-corrected chi connectivity index (χ1v) is 9.99. The number of pyridine rings is 1. The fourth-order valence-corrected chi connectivity index (χ4v) is 4.18. The molecule has 3 aromatic carbocycles. The quantitative estimate of drug-likeness (QED) is 0.525. The summed E-state index contributed by atoms with van der Waals surface area (Å²) in [4.78, 5) is 16.0. The van der Waals surface area contributed by atoms with Crippen molar-refractivity contribution in [3.8, 4) is 17.6 Å². The molecule has 0 amide bonds. The highest BCUT2D eigenvalue weighted by Gasteiger charge is 2.33. The lowest BCUT2D eigenvalue weighted by Gasteiger charge is -2.27. The van der Waals surface area contributed by atoms with Crippen LogP contribution in [0, 0.1) is 11.3 Å². The molecule has 31 heavy (non-hydrogen) atoms. The number of aromatic amines is 1. The summed E-state index contributed by atoms with van der Waals surface area (Å²) in [7, 11) is 0. The number of hydrogen-bond acceptors (Lipinski definition) is 5. The number of H-pyrrole nitrogens is 1. The summed E-state index contributed by atoms with van der Waals surface area (Å²) in [5.41, 5.74) is 7.95. The van der Waals surface area contributed by atoms with Crippen molar-refractivity contribution >= 4 is 21.7 Å². The number of fused-ring (bicyclic) bond motifs is 4. The highest BCUT2D eigenvalue weighted by atomic mass is 16.5. The minimum atomic E-state index is -0.637. The molecule has 1 aliphatic rings. The summed E-state index contributed by atoms with van der Waals surface area (Å²) in [6.45, 7) is 2.46. The van der Waals surface area contributed by atoms with Crippen molar-refractivity contribution in [1.82, 2.24) is 4.98 Å². The second-order valence-electron chi connectivity index (χ2n) is 7.37. The standard InChI is InChI=1S/C25H19N3O3/c1-2-30-16-8-10-21-15(11-16)12-19(25(29)28-21)22-18-9-7-14-5-3-4-6-17(14)23(18)31-24(27)20(22)13-26/h3-12,22H,2,27H2,1H3,(H,28,29). The lowest BCUT2D eigenvalue weighted by molar-refractivity contribution is 0.340. The molecule has 0 bridgehead atoms. The Kier molecular flexibility index (Phi) is 4.37. The number of benzene rings is 3. The van der Waals surface area contributed by atoms with Crippen LogP contribution in [0.25, 0.3) is 21.7 Å². The number of allylic oxidation sites excluding steroid dienone is 1. The first-order valence-electron chi connectivity index (χ1n) is 9.99. The summed E-state index contributed by atoms with van der Waals surface area (Å²) < 4.78 is 11.5. The zero-order chi connectivity index (χ0) is 21.5. The SMILES string of the molecule is CCOc1ccc2[nH]c(=O)c(C3C(C#N)=C(N)Oc4c3ccc3ccccc43)cc2c1. The monoisotopic (exact) mass is 409 g/mol. The van der Waals surface area contributed by atoms with E-state index in [-0.39, 0.29) is 17.0 Å².